The van der Waals surface area contributed by atoms with Crippen LogP contribution < -0.4 is 4.90 Å². The minimum absolute atomic E-state index is 0.106. The maximum absolute atomic E-state index is 12.5. The summed E-state index contributed by atoms with van der Waals surface area (Å²) < 4.78 is 5.92. The summed E-state index contributed by atoms with van der Waals surface area (Å²) in [5.41, 5.74) is 0.897. The highest BCUT2D eigenvalue weighted by Crippen LogP contribution is 2.20. The number of halogens is 1. The van der Waals surface area contributed by atoms with Gasteiger partial charge in [-0.05, 0) is 46.6 Å². The molecule has 0 N–H and O–H groups in total. The molecule has 1 amide bonds. The topological polar surface area (TPSA) is 33.5 Å². The van der Waals surface area contributed by atoms with Crippen molar-refractivity contribution >= 4 is 27.5 Å². The van der Waals surface area contributed by atoms with E-state index in [-0.39, 0.29) is 5.91 Å². The lowest BCUT2D eigenvalue weighted by molar-refractivity contribution is 0.0958. The Morgan fingerprint density at radius 2 is 1.95 bits per heavy atom. The molecule has 2 rings (SSSR count). The first-order valence-electron chi connectivity index (χ1n) is 6.34. The molecule has 0 aliphatic carbocycles. The Bertz CT molecular complexity index is 536. The number of hydrogen-bond acceptors (Lipinski definition) is 2. The zero-order chi connectivity index (χ0) is 13.7. The van der Waals surface area contributed by atoms with Crippen LogP contribution >= 0.6 is 15.9 Å². The molecule has 0 unspecified atom stereocenters. The Hall–Kier alpha value is -1.55. The summed E-state index contributed by atoms with van der Waals surface area (Å²) in [6.45, 7) is 2.80. The summed E-state index contributed by atoms with van der Waals surface area (Å²) in [5, 5.41) is 0. The lowest BCUT2D eigenvalue weighted by Crippen LogP contribution is -2.31. The van der Waals surface area contributed by atoms with Gasteiger partial charge in [-0.3, -0.25) is 4.79 Å². The van der Waals surface area contributed by atoms with Crippen LogP contribution in [0.4, 0.5) is 5.69 Å². The lowest BCUT2D eigenvalue weighted by Gasteiger charge is -2.21. The zero-order valence-corrected chi connectivity index (χ0v) is 12.4. The molecule has 0 radical (unpaired) electrons. The van der Waals surface area contributed by atoms with Crippen molar-refractivity contribution in [2.45, 2.75) is 19.8 Å². The van der Waals surface area contributed by atoms with Gasteiger partial charge in [-0.2, -0.15) is 0 Å². The number of rotatable bonds is 5. The predicted octanol–water partition coefficient (Wildman–Crippen LogP) is 4.49. The molecular weight excluding hydrogens is 306 g/mol. The Balaban J connectivity index is 2.25. The van der Waals surface area contributed by atoms with Crippen LogP contribution in [0, 0.1) is 0 Å². The molecule has 1 aromatic heterocycles. The lowest BCUT2D eigenvalue weighted by atomic mass is 10.2. The van der Waals surface area contributed by atoms with Gasteiger partial charge in [-0.15, -0.1) is 0 Å². The molecule has 0 saturated carbocycles. The van der Waals surface area contributed by atoms with Crippen LogP contribution in [0.5, 0.6) is 0 Å². The first-order chi connectivity index (χ1) is 9.22. The highest BCUT2D eigenvalue weighted by molar-refractivity contribution is 9.10. The highest BCUT2D eigenvalue weighted by atomic mass is 79.9. The van der Waals surface area contributed by atoms with Crippen molar-refractivity contribution in [3.63, 3.8) is 0 Å². The second-order valence-corrected chi connectivity index (χ2v) is 5.03. The minimum Gasteiger partial charge on any atom is -0.444 e. The van der Waals surface area contributed by atoms with Crippen LogP contribution in [0.15, 0.2) is 51.6 Å². The molecule has 100 valence electrons. The molecule has 1 heterocycles. The average Bonchev–Trinajstić information content (AvgIpc) is 2.87. The molecule has 0 fully saturated rings. The van der Waals surface area contributed by atoms with Crippen LogP contribution in [0.1, 0.15) is 30.3 Å². The van der Waals surface area contributed by atoms with Gasteiger partial charge in [0.1, 0.15) is 0 Å². The summed E-state index contributed by atoms with van der Waals surface area (Å²) in [5.74, 6) is 0.247. The van der Waals surface area contributed by atoms with E-state index in [0.29, 0.717) is 17.0 Å². The van der Waals surface area contributed by atoms with Crippen molar-refractivity contribution in [1.29, 1.82) is 0 Å². The monoisotopic (exact) mass is 321 g/mol. The number of nitrogens with zero attached hydrogens (tertiary/aromatic N) is 1. The van der Waals surface area contributed by atoms with Crippen LogP contribution in [-0.4, -0.2) is 12.5 Å². The molecule has 0 aliphatic rings. The second-order valence-electron chi connectivity index (χ2n) is 4.25. The number of para-hydroxylation sites is 1. The smallest absolute Gasteiger partial charge is 0.294 e. The fraction of sp³-hybridized carbons (Fsp3) is 0.267. The molecule has 0 bridgehead atoms. The van der Waals surface area contributed by atoms with Gasteiger partial charge in [0.15, 0.2) is 10.4 Å². The fourth-order valence-corrected chi connectivity index (χ4v) is 2.14. The first-order valence-corrected chi connectivity index (χ1v) is 7.14. The second kappa shape index (κ2) is 6.57. The van der Waals surface area contributed by atoms with E-state index in [1.165, 1.54) is 0 Å². The van der Waals surface area contributed by atoms with Crippen LogP contribution in [0.25, 0.3) is 0 Å². The molecule has 0 spiro atoms. The van der Waals surface area contributed by atoms with Gasteiger partial charge < -0.3 is 9.32 Å². The van der Waals surface area contributed by atoms with E-state index in [1.807, 2.05) is 30.3 Å². The van der Waals surface area contributed by atoms with E-state index in [1.54, 1.807) is 17.0 Å². The van der Waals surface area contributed by atoms with Gasteiger partial charge in [-0.1, -0.05) is 31.5 Å². The number of benzene rings is 1. The fourth-order valence-electron chi connectivity index (χ4n) is 1.83. The zero-order valence-electron chi connectivity index (χ0n) is 10.8. The molecule has 3 nitrogen and oxygen atoms in total. The Morgan fingerprint density at radius 3 is 2.53 bits per heavy atom. The molecular formula is C15H16BrNO2. The van der Waals surface area contributed by atoms with Crippen LogP contribution in [-0.2, 0) is 0 Å². The van der Waals surface area contributed by atoms with Gasteiger partial charge >= 0.3 is 0 Å². The summed E-state index contributed by atoms with van der Waals surface area (Å²) in [7, 11) is 0. The minimum atomic E-state index is -0.106. The summed E-state index contributed by atoms with van der Waals surface area (Å²) in [6, 6.07) is 13.1. The van der Waals surface area contributed by atoms with E-state index in [4.69, 9.17) is 4.42 Å². The van der Waals surface area contributed by atoms with Crippen molar-refractivity contribution in [2.75, 3.05) is 11.4 Å². The van der Waals surface area contributed by atoms with Crippen molar-refractivity contribution in [3.05, 3.63) is 52.9 Å². The number of unbranched alkanes of at least 4 members (excludes halogenated alkanes) is 1. The Labute approximate surface area is 121 Å². The number of furan rings is 1. The summed E-state index contributed by atoms with van der Waals surface area (Å²) in [4.78, 5) is 14.2. The predicted molar refractivity (Wildman–Crippen MR) is 79.4 cm³/mol. The maximum Gasteiger partial charge on any atom is 0.294 e. The molecule has 0 saturated heterocycles. The number of amides is 1. The van der Waals surface area contributed by atoms with Gasteiger partial charge in [0.05, 0.1) is 0 Å². The van der Waals surface area contributed by atoms with Crippen molar-refractivity contribution in [2.24, 2.45) is 0 Å². The molecule has 1 aromatic carbocycles. The third-order valence-corrected chi connectivity index (χ3v) is 3.26. The summed E-state index contributed by atoms with van der Waals surface area (Å²) in [6.07, 6.45) is 2.00. The van der Waals surface area contributed by atoms with Crippen molar-refractivity contribution in [1.82, 2.24) is 0 Å². The van der Waals surface area contributed by atoms with E-state index in [2.05, 4.69) is 22.9 Å². The Morgan fingerprint density at radius 1 is 1.21 bits per heavy atom. The molecule has 19 heavy (non-hydrogen) atoms. The average molecular weight is 322 g/mol. The quantitative estimate of drug-likeness (QED) is 0.813. The summed E-state index contributed by atoms with van der Waals surface area (Å²) >= 11 is 3.22. The number of anilines is 1. The third-order valence-electron chi connectivity index (χ3n) is 2.83. The van der Waals surface area contributed by atoms with E-state index in [9.17, 15) is 4.79 Å². The van der Waals surface area contributed by atoms with Crippen LogP contribution in [0.3, 0.4) is 0 Å². The maximum atomic E-state index is 12.5. The standard InChI is InChI=1S/C15H16BrNO2/c1-2-3-11-17(12-7-5-4-6-8-12)15(18)13-9-10-14(16)19-13/h4-10H,2-3,11H2,1H3. The largest absolute Gasteiger partial charge is 0.444 e. The molecule has 4 heteroatoms. The van der Waals surface area contributed by atoms with E-state index < -0.39 is 0 Å². The number of carbonyl (C=O) groups excluding carboxylic acids is 1. The molecule has 0 atom stereocenters. The third kappa shape index (κ3) is 3.47. The highest BCUT2D eigenvalue weighted by Gasteiger charge is 2.20. The molecule has 2 aromatic rings. The van der Waals surface area contributed by atoms with Gasteiger partial charge in [0.2, 0.25) is 0 Å². The normalized spacial score (nSPS) is 10.4. The Kier molecular flexibility index (Phi) is 4.80. The van der Waals surface area contributed by atoms with Crippen LogP contribution in [0.2, 0.25) is 0 Å². The molecule has 0 aliphatic heterocycles. The SMILES string of the molecule is CCCCN(C(=O)c1ccc(Br)o1)c1ccccc1. The first kappa shape index (κ1) is 13.9. The van der Waals surface area contributed by atoms with E-state index in [0.717, 1.165) is 18.5 Å². The van der Waals surface area contributed by atoms with Gasteiger partial charge in [0, 0.05) is 12.2 Å². The number of hydrogen-bond donors (Lipinski definition) is 0. The van der Waals surface area contributed by atoms with Crippen molar-refractivity contribution in [3.8, 4) is 0 Å². The van der Waals surface area contributed by atoms with Crippen molar-refractivity contribution < 1.29 is 9.21 Å². The number of carbonyl (C=O) groups is 1. The van der Waals surface area contributed by atoms with Gasteiger partial charge in [0.25, 0.3) is 5.91 Å². The van der Waals surface area contributed by atoms with Gasteiger partial charge in [-0.25, -0.2) is 0 Å². The van der Waals surface area contributed by atoms with E-state index >= 15 is 0 Å².